The van der Waals surface area contributed by atoms with E-state index in [4.69, 9.17) is 11.6 Å². The molecule has 0 aromatic carbocycles. The fourth-order valence-corrected chi connectivity index (χ4v) is 2.09. The lowest BCUT2D eigenvalue weighted by molar-refractivity contribution is 0.768. The Hall–Kier alpha value is -1.40. The number of nitrogens with one attached hydrogen (secondary N) is 1. The molecule has 17 heavy (non-hydrogen) atoms. The molecule has 0 aliphatic carbocycles. The first-order valence-electron chi connectivity index (χ1n) is 4.84. The number of pyridine rings is 1. The lowest BCUT2D eigenvalue weighted by Crippen LogP contribution is -1.84. The van der Waals surface area contributed by atoms with Crippen LogP contribution in [0.2, 0.25) is 5.02 Å². The molecule has 0 aliphatic rings. The van der Waals surface area contributed by atoms with Gasteiger partial charge in [0.2, 0.25) is 0 Å². The maximum Gasteiger partial charge on any atom is 0.125 e. The molecule has 0 spiro atoms. The largest absolute Gasteiger partial charge is 0.275 e. The Kier molecular flexibility index (Phi) is 2.41. The van der Waals surface area contributed by atoms with Crippen LogP contribution in [0.25, 0.3) is 22.3 Å². The van der Waals surface area contributed by atoms with Gasteiger partial charge in [-0.2, -0.15) is 10.2 Å². The third-order valence-corrected chi connectivity index (χ3v) is 3.54. The number of nitrogens with zero attached hydrogens (tertiary/aromatic N) is 4. The summed E-state index contributed by atoms with van der Waals surface area (Å²) in [5.41, 5.74) is 3.26. The maximum atomic E-state index is 5.97. The predicted octanol–water partition coefficient (Wildman–Crippen LogP) is 2.77. The minimum atomic E-state index is 0.555. The monoisotopic (exact) mass is 311 g/mol. The highest BCUT2D eigenvalue weighted by Crippen LogP contribution is 2.29. The third-order valence-electron chi connectivity index (χ3n) is 2.42. The van der Waals surface area contributed by atoms with Crippen molar-refractivity contribution in [2.24, 2.45) is 7.05 Å². The van der Waals surface area contributed by atoms with E-state index in [-0.39, 0.29) is 0 Å². The summed E-state index contributed by atoms with van der Waals surface area (Å²) in [6, 6.07) is 1.79. The number of H-pyrrole nitrogens is 1. The number of hydrogen-bond acceptors (Lipinski definition) is 3. The standard InChI is InChI=1S/C10H7BrClN5/c1-17-4-5(3-13-17)8-9-7(15-16-8)2-6(12)10(11)14-9/h2-4H,1H3,(H,15,16). The van der Waals surface area contributed by atoms with Crippen molar-refractivity contribution in [2.45, 2.75) is 0 Å². The number of aryl methyl sites for hydroxylation is 1. The van der Waals surface area contributed by atoms with Gasteiger partial charge in [-0.15, -0.1) is 0 Å². The van der Waals surface area contributed by atoms with Crippen molar-refractivity contribution in [1.29, 1.82) is 0 Å². The highest BCUT2D eigenvalue weighted by molar-refractivity contribution is 9.10. The van der Waals surface area contributed by atoms with Crippen LogP contribution in [0.15, 0.2) is 23.1 Å². The van der Waals surface area contributed by atoms with Crippen LogP contribution in [0.4, 0.5) is 0 Å². The van der Waals surface area contributed by atoms with E-state index in [1.54, 1.807) is 16.9 Å². The molecule has 0 aliphatic heterocycles. The molecule has 86 valence electrons. The van der Waals surface area contributed by atoms with Crippen LogP contribution in [0.3, 0.4) is 0 Å². The van der Waals surface area contributed by atoms with Crippen LogP contribution in [-0.4, -0.2) is 25.0 Å². The molecule has 0 radical (unpaired) electrons. The zero-order valence-corrected chi connectivity index (χ0v) is 11.1. The van der Waals surface area contributed by atoms with Gasteiger partial charge in [-0.05, 0) is 22.0 Å². The lowest BCUT2D eigenvalue weighted by atomic mass is 10.2. The molecule has 0 atom stereocenters. The van der Waals surface area contributed by atoms with E-state index >= 15 is 0 Å². The summed E-state index contributed by atoms with van der Waals surface area (Å²) in [6.07, 6.45) is 3.64. The zero-order chi connectivity index (χ0) is 12.0. The molecule has 0 saturated heterocycles. The van der Waals surface area contributed by atoms with Crippen molar-refractivity contribution in [3.05, 3.63) is 28.1 Å². The molecule has 7 heteroatoms. The molecule has 0 amide bonds. The molecule has 0 fully saturated rings. The summed E-state index contributed by atoms with van der Waals surface area (Å²) < 4.78 is 2.33. The second kappa shape index (κ2) is 3.82. The van der Waals surface area contributed by atoms with E-state index in [1.807, 2.05) is 13.2 Å². The topological polar surface area (TPSA) is 59.4 Å². The van der Waals surface area contributed by atoms with Gasteiger partial charge in [0.1, 0.15) is 15.8 Å². The first-order valence-corrected chi connectivity index (χ1v) is 6.01. The molecule has 5 nitrogen and oxygen atoms in total. The van der Waals surface area contributed by atoms with E-state index in [9.17, 15) is 0 Å². The van der Waals surface area contributed by atoms with Crippen molar-refractivity contribution in [1.82, 2.24) is 25.0 Å². The summed E-state index contributed by atoms with van der Waals surface area (Å²) in [7, 11) is 1.86. The zero-order valence-electron chi connectivity index (χ0n) is 8.78. The minimum Gasteiger partial charge on any atom is -0.275 e. The maximum absolute atomic E-state index is 5.97. The van der Waals surface area contributed by atoms with Crippen LogP contribution in [-0.2, 0) is 7.05 Å². The Bertz CT molecular complexity index is 702. The molecule has 1 N–H and O–H groups in total. The van der Waals surface area contributed by atoms with E-state index in [0.717, 1.165) is 22.3 Å². The highest BCUT2D eigenvalue weighted by Gasteiger charge is 2.13. The molecular weight excluding hydrogens is 306 g/mol. The Morgan fingerprint density at radius 3 is 3.00 bits per heavy atom. The highest BCUT2D eigenvalue weighted by atomic mass is 79.9. The van der Waals surface area contributed by atoms with Crippen LogP contribution in [0, 0.1) is 0 Å². The van der Waals surface area contributed by atoms with Crippen molar-refractivity contribution in [3.8, 4) is 11.3 Å². The van der Waals surface area contributed by atoms with E-state index < -0.39 is 0 Å². The molecule has 0 unspecified atom stereocenters. The first kappa shape index (κ1) is 10.7. The fourth-order valence-electron chi connectivity index (χ4n) is 1.65. The third kappa shape index (κ3) is 1.73. The number of aromatic nitrogens is 5. The predicted molar refractivity (Wildman–Crippen MR) is 68.8 cm³/mol. The summed E-state index contributed by atoms with van der Waals surface area (Å²) in [4.78, 5) is 4.37. The van der Waals surface area contributed by atoms with Gasteiger partial charge < -0.3 is 0 Å². The van der Waals surface area contributed by atoms with Crippen LogP contribution >= 0.6 is 27.5 Å². The summed E-state index contributed by atoms with van der Waals surface area (Å²) in [5.74, 6) is 0. The number of hydrogen-bond donors (Lipinski definition) is 1. The Morgan fingerprint density at radius 2 is 2.29 bits per heavy atom. The lowest BCUT2D eigenvalue weighted by Gasteiger charge is -1.96. The molecular formula is C10H7BrClN5. The average molecular weight is 313 g/mol. The Morgan fingerprint density at radius 1 is 1.47 bits per heavy atom. The Labute approximate surface area is 110 Å². The van der Waals surface area contributed by atoms with Crippen LogP contribution in [0.5, 0.6) is 0 Å². The van der Waals surface area contributed by atoms with Gasteiger partial charge in [0.25, 0.3) is 0 Å². The van der Waals surface area contributed by atoms with Gasteiger partial charge in [0.15, 0.2) is 0 Å². The minimum absolute atomic E-state index is 0.555. The number of fused-ring (bicyclic) bond motifs is 1. The van der Waals surface area contributed by atoms with Crippen LogP contribution < -0.4 is 0 Å². The van der Waals surface area contributed by atoms with Gasteiger partial charge in [0, 0.05) is 18.8 Å². The van der Waals surface area contributed by atoms with Gasteiger partial charge >= 0.3 is 0 Å². The summed E-state index contributed by atoms with van der Waals surface area (Å²) in [5, 5.41) is 11.8. The average Bonchev–Trinajstić information content (AvgIpc) is 2.86. The normalized spacial score (nSPS) is 11.2. The summed E-state index contributed by atoms with van der Waals surface area (Å²) >= 11 is 9.28. The van der Waals surface area contributed by atoms with E-state index in [1.165, 1.54) is 0 Å². The second-order valence-electron chi connectivity index (χ2n) is 3.63. The van der Waals surface area contributed by atoms with Gasteiger partial charge in [0.05, 0.1) is 16.7 Å². The molecule has 3 heterocycles. The molecule has 3 aromatic rings. The number of rotatable bonds is 1. The smallest absolute Gasteiger partial charge is 0.125 e. The summed E-state index contributed by atoms with van der Waals surface area (Å²) in [6.45, 7) is 0. The molecule has 0 bridgehead atoms. The Balaban J connectivity index is 2.27. The first-order chi connectivity index (χ1) is 8.15. The molecule has 3 rings (SSSR count). The second-order valence-corrected chi connectivity index (χ2v) is 4.79. The van der Waals surface area contributed by atoms with Gasteiger partial charge in [-0.25, -0.2) is 4.98 Å². The molecule has 0 saturated carbocycles. The number of halogens is 2. The quantitative estimate of drug-likeness (QED) is 0.703. The van der Waals surface area contributed by atoms with Gasteiger partial charge in [-0.3, -0.25) is 9.78 Å². The SMILES string of the molecule is Cn1cc(-c2n[nH]c3cc(Cl)c(Br)nc23)cn1. The van der Waals surface area contributed by atoms with E-state index in [2.05, 4.69) is 36.2 Å². The van der Waals surface area contributed by atoms with E-state index in [0.29, 0.717) is 9.63 Å². The fraction of sp³-hybridized carbons (Fsp3) is 0.100. The molecule has 3 aromatic heterocycles. The van der Waals surface area contributed by atoms with Crippen molar-refractivity contribution in [2.75, 3.05) is 0 Å². The van der Waals surface area contributed by atoms with Crippen molar-refractivity contribution < 1.29 is 0 Å². The van der Waals surface area contributed by atoms with Crippen molar-refractivity contribution in [3.63, 3.8) is 0 Å². The van der Waals surface area contributed by atoms with Gasteiger partial charge in [-0.1, -0.05) is 11.6 Å². The van der Waals surface area contributed by atoms with Crippen molar-refractivity contribution >= 4 is 38.6 Å². The number of aromatic amines is 1. The van der Waals surface area contributed by atoms with Crippen LogP contribution in [0.1, 0.15) is 0 Å².